The minimum absolute atomic E-state index is 0.0508. The van der Waals surface area contributed by atoms with Crippen molar-refractivity contribution in [3.05, 3.63) is 59.1 Å². The van der Waals surface area contributed by atoms with Gasteiger partial charge in [-0.2, -0.15) is 0 Å². The summed E-state index contributed by atoms with van der Waals surface area (Å²) in [7, 11) is 1.54. The lowest BCUT2D eigenvalue weighted by Gasteiger charge is -2.28. The summed E-state index contributed by atoms with van der Waals surface area (Å²) in [6.45, 7) is 2.08. The molecule has 1 unspecified atom stereocenters. The molecule has 29 heavy (non-hydrogen) atoms. The van der Waals surface area contributed by atoms with Gasteiger partial charge in [-0.15, -0.1) is 0 Å². The number of amides is 3. The van der Waals surface area contributed by atoms with Gasteiger partial charge in [-0.1, -0.05) is 36.7 Å². The van der Waals surface area contributed by atoms with E-state index in [1.165, 1.54) is 4.90 Å². The number of anilines is 1. The molecule has 0 bridgehead atoms. The lowest BCUT2D eigenvalue weighted by Crippen LogP contribution is -2.45. The van der Waals surface area contributed by atoms with Crippen molar-refractivity contribution in [1.29, 1.82) is 0 Å². The van der Waals surface area contributed by atoms with Crippen molar-refractivity contribution in [2.75, 3.05) is 12.0 Å². The number of imide groups is 1. The lowest BCUT2D eigenvalue weighted by molar-refractivity contribution is -0.139. The molecule has 7 heteroatoms. The SMILES string of the molecule is CCCC(=O)N(Cc1ccccc1Cl)C1CC(=O)N(c2ccc(OC)cc2)C1=O. The smallest absolute Gasteiger partial charge is 0.257 e. The van der Waals surface area contributed by atoms with Crippen LogP contribution in [-0.4, -0.2) is 35.8 Å². The normalized spacial score (nSPS) is 16.2. The van der Waals surface area contributed by atoms with Crippen LogP contribution in [-0.2, 0) is 20.9 Å². The molecule has 0 saturated carbocycles. The van der Waals surface area contributed by atoms with E-state index in [-0.39, 0.29) is 24.8 Å². The van der Waals surface area contributed by atoms with Crippen molar-refractivity contribution < 1.29 is 19.1 Å². The molecular formula is C22H23ClN2O4. The van der Waals surface area contributed by atoms with Crippen molar-refractivity contribution in [1.82, 2.24) is 4.90 Å². The van der Waals surface area contributed by atoms with E-state index in [9.17, 15) is 14.4 Å². The van der Waals surface area contributed by atoms with Gasteiger partial charge in [-0.3, -0.25) is 14.4 Å². The van der Waals surface area contributed by atoms with Gasteiger partial charge in [0.25, 0.3) is 5.91 Å². The Bertz CT molecular complexity index is 913. The summed E-state index contributed by atoms with van der Waals surface area (Å²) in [6.07, 6.45) is 0.893. The summed E-state index contributed by atoms with van der Waals surface area (Å²) in [5.74, 6) is -0.284. The minimum atomic E-state index is -0.847. The number of carbonyl (C=O) groups excluding carboxylic acids is 3. The summed E-state index contributed by atoms with van der Waals surface area (Å²) < 4.78 is 5.13. The molecule has 152 valence electrons. The molecule has 2 aromatic rings. The summed E-state index contributed by atoms with van der Waals surface area (Å²) >= 11 is 6.26. The Morgan fingerprint density at radius 1 is 1.17 bits per heavy atom. The molecule has 3 rings (SSSR count). The molecule has 0 N–H and O–H groups in total. The van der Waals surface area contributed by atoms with Crippen LogP contribution in [0.15, 0.2) is 48.5 Å². The maximum Gasteiger partial charge on any atom is 0.257 e. The zero-order valence-electron chi connectivity index (χ0n) is 16.4. The molecule has 6 nitrogen and oxygen atoms in total. The molecule has 3 amide bonds. The molecule has 0 spiro atoms. The zero-order chi connectivity index (χ0) is 21.0. The van der Waals surface area contributed by atoms with Gasteiger partial charge in [-0.05, 0) is 42.3 Å². The second-order valence-electron chi connectivity index (χ2n) is 6.85. The van der Waals surface area contributed by atoms with Crippen LogP contribution in [0.2, 0.25) is 5.02 Å². The molecule has 0 aliphatic carbocycles. The fraction of sp³-hybridized carbons (Fsp3) is 0.318. The molecule has 1 fully saturated rings. The summed E-state index contributed by atoms with van der Waals surface area (Å²) in [5, 5.41) is 0.519. The Balaban J connectivity index is 1.89. The fourth-order valence-electron chi connectivity index (χ4n) is 3.40. The molecule has 1 heterocycles. The Hall–Kier alpha value is -2.86. The Morgan fingerprint density at radius 3 is 2.48 bits per heavy atom. The first kappa shape index (κ1) is 20.9. The number of carbonyl (C=O) groups is 3. The number of hydrogen-bond donors (Lipinski definition) is 0. The summed E-state index contributed by atoms with van der Waals surface area (Å²) in [5.41, 5.74) is 1.20. The molecule has 1 aliphatic heterocycles. The highest BCUT2D eigenvalue weighted by Crippen LogP contribution is 2.29. The zero-order valence-corrected chi connectivity index (χ0v) is 17.2. The Labute approximate surface area is 175 Å². The monoisotopic (exact) mass is 414 g/mol. The minimum Gasteiger partial charge on any atom is -0.497 e. The standard InChI is InChI=1S/C22H23ClN2O4/c1-3-6-20(26)24(14-15-7-4-5-8-18(15)23)19-13-21(27)25(22(19)28)16-9-11-17(29-2)12-10-16/h4-5,7-12,19H,3,6,13-14H2,1-2H3. The second kappa shape index (κ2) is 9.09. The van der Waals surface area contributed by atoms with E-state index < -0.39 is 11.9 Å². The highest BCUT2D eigenvalue weighted by Gasteiger charge is 2.44. The number of ether oxygens (including phenoxy) is 1. The number of methoxy groups -OCH3 is 1. The van der Waals surface area contributed by atoms with Crippen molar-refractivity contribution in [3.63, 3.8) is 0 Å². The van der Waals surface area contributed by atoms with E-state index in [1.54, 1.807) is 43.5 Å². The van der Waals surface area contributed by atoms with Crippen LogP contribution >= 0.6 is 11.6 Å². The number of rotatable bonds is 7. The second-order valence-corrected chi connectivity index (χ2v) is 7.26. The van der Waals surface area contributed by atoms with Gasteiger partial charge in [0, 0.05) is 18.0 Å². The predicted octanol–water partition coefficient (Wildman–Crippen LogP) is 3.81. The largest absolute Gasteiger partial charge is 0.497 e. The van der Waals surface area contributed by atoms with Crippen LogP contribution in [0.1, 0.15) is 31.7 Å². The molecule has 1 saturated heterocycles. The van der Waals surface area contributed by atoms with Crippen LogP contribution < -0.4 is 9.64 Å². The third-order valence-electron chi connectivity index (χ3n) is 4.91. The van der Waals surface area contributed by atoms with Gasteiger partial charge in [0.05, 0.1) is 19.2 Å². The van der Waals surface area contributed by atoms with Gasteiger partial charge in [-0.25, -0.2) is 4.90 Å². The maximum atomic E-state index is 13.1. The Kier molecular flexibility index (Phi) is 6.54. The van der Waals surface area contributed by atoms with Crippen LogP contribution in [0.25, 0.3) is 0 Å². The Morgan fingerprint density at radius 2 is 1.86 bits per heavy atom. The third-order valence-corrected chi connectivity index (χ3v) is 5.28. The number of nitrogens with zero attached hydrogens (tertiary/aromatic N) is 2. The van der Waals surface area contributed by atoms with Gasteiger partial charge < -0.3 is 9.64 Å². The average molecular weight is 415 g/mol. The molecular weight excluding hydrogens is 392 g/mol. The van der Waals surface area contributed by atoms with E-state index in [4.69, 9.17) is 16.3 Å². The van der Waals surface area contributed by atoms with Gasteiger partial charge >= 0.3 is 0 Å². The fourth-order valence-corrected chi connectivity index (χ4v) is 3.60. The van der Waals surface area contributed by atoms with Gasteiger partial charge in [0.15, 0.2) is 0 Å². The molecule has 0 aromatic heterocycles. The average Bonchev–Trinajstić information content (AvgIpc) is 3.01. The van der Waals surface area contributed by atoms with Gasteiger partial charge in [0.1, 0.15) is 11.8 Å². The van der Waals surface area contributed by atoms with E-state index in [2.05, 4.69) is 0 Å². The quantitative estimate of drug-likeness (QED) is 0.646. The molecule has 1 aliphatic rings. The maximum absolute atomic E-state index is 13.1. The highest BCUT2D eigenvalue weighted by molar-refractivity contribution is 6.31. The number of benzene rings is 2. The number of halogens is 1. The van der Waals surface area contributed by atoms with Crippen molar-refractivity contribution >= 4 is 35.0 Å². The van der Waals surface area contributed by atoms with Crippen molar-refractivity contribution in [2.45, 2.75) is 38.8 Å². The number of hydrogen-bond acceptors (Lipinski definition) is 4. The van der Waals surface area contributed by atoms with Crippen LogP contribution in [0.3, 0.4) is 0 Å². The first-order valence-electron chi connectivity index (χ1n) is 9.50. The predicted molar refractivity (Wildman–Crippen MR) is 111 cm³/mol. The molecule has 1 atom stereocenters. The summed E-state index contributed by atoms with van der Waals surface area (Å²) in [4.78, 5) is 41.2. The van der Waals surface area contributed by atoms with Crippen LogP contribution in [0.5, 0.6) is 5.75 Å². The van der Waals surface area contributed by atoms with E-state index >= 15 is 0 Å². The lowest BCUT2D eigenvalue weighted by atomic mass is 10.1. The van der Waals surface area contributed by atoms with Crippen LogP contribution in [0.4, 0.5) is 5.69 Å². The first-order valence-corrected chi connectivity index (χ1v) is 9.87. The molecule has 2 aromatic carbocycles. The topological polar surface area (TPSA) is 66.9 Å². The van der Waals surface area contributed by atoms with E-state index in [1.807, 2.05) is 19.1 Å². The highest BCUT2D eigenvalue weighted by atomic mass is 35.5. The summed E-state index contributed by atoms with van der Waals surface area (Å²) in [6, 6.07) is 13.0. The van der Waals surface area contributed by atoms with Crippen molar-refractivity contribution in [3.8, 4) is 5.75 Å². The van der Waals surface area contributed by atoms with E-state index in [0.717, 1.165) is 10.5 Å². The van der Waals surface area contributed by atoms with Crippen LogP contribution in [0, 0.1) is 0 Å². The first-order chi connectivity index (χ1) is 14.0. The third kappa shape index (κ3) is 4.43. The van der Waals surface area contributed by atoms with Crippen molar-refractivity contribution in [2.24, 2.45) is 0 Å². The van der Waals surface area contributed by atoms with Gasteiger partial charge in [0.2, 0.25) is 11.8 Å². The molecule has 0 radical (unpaired) electrons. The van der Waals surface area contributed by atoms with E-state index in [0.29, 0.717) is 29.3 Å².